The van der Waals surface area contributed by atoms with E-state index in [9.17, 15) is 19.1 Å². The van der Waals surface area contributed by atoms with Crippen molar-refractivity contribution < 1.29 is 27.9 Å². The lowest BCUT2D eigenvalue weighted by atomic mass is 10.0. The molecule has 0 saturated heterocycles. The van der Waals surface area contributed by atoms with Gasteiger partial charge in [-0.05, 0) is 65.0 Å². The Morgan fingerprint density at radius 1 is 1.29 bits per heavy atom. The number of amides is 2. The van der Waals surface area contributed by atoms with Crippen molar-refractivity contribution in [1.82, 2.24) is 10.2 Å². The fourth-order valence-corrected chi connectivity index (χ4v) is 4.49. The van der Waals surface area contributed by atoms with Gasteiger partial charge in [-0.25, -0.2) is 4.39 Å². The molecule has 0 aliphatic carbocycles. The number of carbonyl (C=O) groups excluding carboxylic acids is 2. The molecule has 3 N–H and O–H groups in total. The van der Waals surface area contributed by atoms with Gasteiger partial charge in [-0.2, -0.15) is 0 Å². The predicted octanol–water partition coefficient (Wildman–Crippen LogP) is 4.40. The number of aliphatic hydroxyl groups is 1. The van der Waals surface area contributed by atoms with Crippen LogP contribution < -0.4 is 10.6 Å². The molecule has 11 heteroatoms. The molecule has 1 aliphatic heterocycles. The van der Waals surface area contributed by atoms with Gasteiger partial charge in [0.15, 0.2) is 20.3 Å². The van der Waals surface area contributed by atoms with E-state index in [1.807, 2.05) is 35.7 Å². The first-order valence-corrected chi connectivity index (χ1v) is 14.6. The number of furan rings is 1. The minimum absolute atomic E-state index is 0.0357. The van der Waals surface area contributed by atoms with Crippen LogP contribution in [0.1, 0.15) is 38.3 Å². The maximum absolute atomic E-state index is 14.6. The van der Waals surface area contributed by atoms with E-state index in [-0.39, 0.29) is 34.5 Å². The van der Waals surface area contributed by atoms with Gasteiger partial charge in [-0.1, -0.05) is 20.8 Å². The van der Waals surface area contributed by atoms with Crippen LogP contribution in [0.4, 0.5) is 10.1 Å². The molecular weight excluding hydrogens is 572 g/mol. The summed E-state index contributed by atoms with van der Waals surface area (Å²) >= 11 is 1.99. The Morgan fingerprint density at radius 2 is 1.97 bits per heavy atom. The number of halogens is 2. The molecule has 2 amide bonds. The summed E-state index contributed by atoms with van der Waals surface area (Å²) in [4.78, 5) is 27.2. The molecule has 1 aromatic heterocycles. The lowest BCUT2D eigenvalue weighted by molar-refractivity contribution is -0.129. The van der Waals surface area contributed by atoms with Crippen molar-refractivity contribution in [1.29, 1.82) is 0 Å². The van der Waals surface area contributed by atoms with Crippen LogP contribution >= 0.6 is 22.6 Å². The van der Waals surface area contributed by atoms with Gasteiger partial charge in [0.2, 0.25) is 0 Å². The number of benzene rings is 1. The normalized spacial score (nSPS) is 16.4. The SMILES string of the molecule is CN1C(Nc2ccc(I)cc2F)=C(C(=O)NC(=O)CO[Si](C)(C)C(C)(C)C)c2occc2C1O. The molecule has 184 valence electrons. The number of carbonyl (C=O) groups is 2. The van der Waals surface area contributed by atoms with Crippen molar-refractivity contribution in [2.75, 3.05) is 19.0 Å². The number of aliphatic hydroxyl groups excluding tert-OH is 1. The number of rotatable bonds is 6. The van der Waals surface area contributed by atoms with Gasteiger partial charge in [0, 0.05) is 16.2 Å². The molecule has 2 aromatic rings. The van der Waals surface area contributed by atoms with Crippen molar-refractivity contribution in [2.45, 2.75) is 45.1 Å². The molecule has 0 bridgehead atoms. The van der Waals surface area contributed by atoms with E-state index in [0.29, 0.717) is 9.13 Å². The highest BCUT2D eigenvalue weighted by molar-refractivity contribution is 14.1. The summed E-state index contributed by atoms with van der Waals surface area (Å²) < 4.78 is 26.6. The standard InChI is InChI=1S/C23H29FIN3O5Si/c1-23(2,3)34(5,6)33-12-17(29)27-21(30)18-19-14(9-10-32-19)22(31)28(4)20(18)26-16-8-7-13(25)11-15(16)24/h7-11,22,26,31H,12H2,1-6H3,(H,27,29,30). The van der Waals surface area contributed by atoms with Gasteiger partial charge in [0.1, 0.15) is 23.8 Å². The molecule has 1 aliphatic rings. The quantitative estimate of drug-likeness (QED) is 0.333. The van der Waals surface area contributed by atoms with Gasteiger partial charge in [0.25, 0.3) is 11.8 Å². The summed E-state index contributed by atoms with van der Waals surface area (Å²) in [5.74, 6) is -1.72. The fourth-order valence-electron chi connectivity index (χ4n) is 3.11. The number of fused-ring (bicyclic) bond motifs is 1. The highest BCUT2D eigenvalue weighted by Gasteiger charge is 2.39. The topological polar surface area (TPSA) is 104 Å². The Bertz CT molecular complexity index is 1140. The molecule has 1 aromatic carbocycles. The maximum Gasteiger partial charge on any atom is 0.265 e. The minimum atomic E-state index is -2.20. The second-order valence-electron chi connectivity index (χ2n) is 9.59. The summed E-state index contributed by atoms with van der Waals surface area (Å²) in [6.45, 7) is 9.90. The number of anilines is 1. The Labute approximate surface area is 212 Å². The van der Waals surface area contributed by atoms with Crippen LogP contribution in [0, 0.1) is 9.39 Å². The van der Waals surface area contributed by atoms with E-state index in [4.69, 9.17) is 8.84 Å². The van der Waals surface area contributed by atoms with E-state index in [0.717, 1.165) is 0 Å². The van der Waals surface area contributed by atoms with E-state index >= 15 is 0 Å². The van der Waals surface area contributed by atoms with Gasteiger partial charge in [-0.15, -0.1) is 0 Å². The summed E-state index contributed by atoms with van der Waals surface area (Å²) in [5.41, 5.74) is 0.417. The van der Waals surface area contributed by atoms with E-state index in [2.05, 4.69) is 31.4 Å². The third-order valence-corrected chi connectivity index (χ3v) is 11.3. The fraction of sp³-hybridized carbons (Fsp3) is 0.391. The third kappa shape index (κ3) is 5.37. The van der Waals surface area contributed by atoms with Gasteiger partial charge in [0.05, 0.1) is 12.0 Å². The average molecular weight is 601 g/mol. The monoisotopic (exact) mass is 601 g/mol. The van der Waals surface area contributed by atoms with Crippen LogP contribution in [-0.2, 0) is 14.0 Å². The van der Waals surface area contributed by atoms with Crippen LogP contribution in [0.2, 0.25) is 18.1 Å². The molecule has 1 unspecified atom stereocenters. The molecule has 0 saturated carbocycles. The summed E-state index contributed by atoms with van der Waals surface area (Å²) in [6.07, 6.45) is 0.198. The number of imide groups is 1. The zero-order chi connectivity index (χ0) is 25.4. The number of nitrogens with zero attached hydrogens (tertiary/aromatic N) is 1. The smallest absolute Gasteiger partial charge is 0.265 e. The van der Waals surface area contributed by atoms with Crippen molar-refractivity contribution in [3.8, 4) is 0 Å². The second kappa shape index (κ2) is 9.80. The number of hydrogen-bond donors (Lipinski definition) is 3. The van der Waals surface area contributed by atoms with Crippen molar-refractivity contribution in [2.24, 2.45) is 0 Å². The molecule has 1 atom stereocenters. The summed E-state index contributed by atoms with van der Waals surface area (Å²) in [6, 6.07) is 6.10. The molecule has 2 heterocycles. The van der Waals surface area contributed by atoms with Gasteiger partial charge >= 0.3 is 0 Å². The largest absolute Gasteiger partial charge is 0.464 e. The van der Waals surface area contributed by atoms with Crippen molar-refractivity contribution >= 4 is 54.0 Å². The number of hydrogen-bond acceptors (Lipinski definition) is 7. The minimum Gasteiger partial charge on any atom is -0.464 e. The first-order valence-electron chi connectivity index (χ1n) is 10.7. The third-order valence-electron chi connectivity index (χ3n) is 6.19. The highest BCUT2D eigenvalue weighted by Crippen LogP contribution is 2.39. The van der Waals surface area contributed by atoms with E-state index in [1.165, 1.54) is 29.4 Å². The maximum atomic E-state index is 14.6. The Morgan fingerprint density at radius 3 is 2.59 bits per heavy atom. The Balaban J connectivity index is 1.92. The summed E-state index contributed by atoms with van der Waals surface area (Å²) in [7, 11) is -0.654. The number of nitrogens with one attached hydrogen (secondary N) is 2. The van der Waals surface area contributed by atoms with Crippen LogP contribution in [0.15, 0.2) is 40.8 Å². The molecular formula is C23H29FIN3O5Si. The summed E-state index contributed by atoms with van der Waals surface area (Å²) in [5, 5.41) is 15.8. The molecule has 34 heavy (non-hydrogen) atoms. The Hall–Kier alpha value is -2.22. The molecule has 3 rings (SSSR count). The van der Waals surface area contributed by atoms with Gasteiger partial charge < -0.3 is 24.2 Å². The van der Waals surface area contributed by atoms with Crippen LogP contribution in [0.25, 0.3) is 5.57 Å². The predicted molar refractivity (Wildman–Crippen MR) is 137 cm³/mol. The molecule has 0 radical (unpaired) electrons. The molecule has 8 nitrogen and oxygen atoms in total. The van der Waals surface area contributed by atoms with E-state index in [1.54, 1.807) is 13.1 Å². The molecule has 0 fully saturated rings. The average Bonchev–Trinajstić information content (AvgIpc) is 3.21. The first-order chi connectivity index (χ1) is 15.7. The second-order valence-corrected chi connectivity index (χ2v) is 15.6. The van der Waals surface area contributed by atoms with E-state index < -0.39 is 32.2 Å². The van der Waals surface area contributed by atoms with Crippen LogP contribution in [-0.4, -0.2) is 43.8 Å². The van der Waals surface area contributed by atoms with Crippen LogP contribution in [0.3, 0.4) is 0 Å². The van der Waals surface area contributed by atoms with Crippen molar-refractivity contribution in [3.05, 3.63) is 57.1 Å². The van der Waals surface area contributed by atoms with Crippen molar-refractivity contribution in [3.63, 3.8) is 0 Å². The lowest BCUT2D eigenvalue weighted by Gasteiger charge is -2.36. The van der Waals surface area contributed by atoms with Gasteiger partial charge in [-0.3, -0.25) is 14.9 Å². The highest BCUT2D eigenvalue weighted by atomic mass is 127. The zero-order valence-corrected chi connectivity index (χ0v) is 23.1. The molecule has 0 spiro atoms. The zero-order valence-electron chi connectivity index (χ0n) is 20.0. The lowest BCUT2D eigenvalue weighted by Crippen LogP contribution is -2.45. The van der Waals surface area contributed by atoms with Crippen LogP contribution in [0.5, 0.6) is 0 Å². The first kappa shape index (κ1) is 26.4. The Kier molecular flexibility index (Phi) is 7.60.